The number of sulfone groups is 1. The van der Waals surface area contributed by atoms with Crippen LogP contribution in [0.3, 0.4) is 0 Å². The molecule has 0 unspecified atom stereocenters. The van der Waals surface area contributed by atoms with Gasteiger partial charge in [-0.15, -0.1) is 0 Å². The minimum atomic E-state index is -3.09. The van der Waals surface area contributed by atoms with Gasteiger partial charge in [-0.05, 0) is 18.2 Å². The van der Waals surface area contributed by atoms with Crippen molar-refractivity contribution >= 4 is 65.9 Å². The van der Waals surface area contributed by atoms with Crippen molar-refractivity contribution < 1.29 is 13.2 Å². The van der Waals surface area contributed by atoms with Crippen molar-refractivity contribution in [1.29, 1.82) is 0 Å². The lowest BCUT2D eigenvalue weighted by molar-refractivity contribution is -0.120. The molecule has 2 aliphatic heterocycles. The van der Waals surface area contributed by atoms with E-state index in [4.69, 9.17) is 11.6 Å². The number of anilines is 1. The second-order valence-corrected chi connectivity index (χ2v) is 10.8. The van der Waals surface area contributed by atoms with Gasteiger partial charge in [0.25, 0.3) is 5.91 Å². The Labute approximate surface area is 158 Å². The van der Waals surface area contributed by atoms with Gasteiger partial charge in [0.1, 0.15) is 0 Å². The van der Waals surface area contributed by atoms with E-state index in [1.165, 1.54) is 11.8 Å². The van der Waals surface area contributed by atoms with Gasteiger partial charge in [0.2, 0.25) is 0 Å². The van der Waals surface area contributed by atoms with Crippen LogP contribution in [-0.2, 0) is 14.6 Å². The SMILES string of the molecule is CC(C)C(=O)N=C1S[C@@H]2CS(=O)(=O)C[C@@H]2N1c1ccc(Br)cc1Cl. The molecule has 2 atom stereocenters. The fraction of sp³-hybridized carbons (Fsp3) is 0.467. The summed E-state index contributed by atoms with van der Waals surface area (Å²) in [5.41, 5.74) is 0.673. The summed E-state index contributed by atoms with van der Waals surface area (Å²) in [7, 11) is -3.09. The monoisotopic (exact) mass is 450 g/mol. The van der Waals surface area contributed by atoms with Crippen LogP contribution >= 0.6 is 39.3 Å². The highest BCUT2D eigenvalue weighted by Gasteiger charge is 2.49. The van der Waals surface area contributed by atoms with Crippen LogP contribution in [0.5, 0.6) is 0 Å². The normalized spacial score (nSPS) is 27.0. The standard InChI is InChI=1S/C15H16BrClN2O3S2/c1-8(2)14(20)18-15-19(11-4-3-9(16)5-10(11)17)12-6-24(21,22)7-13(12)23-15/h3-5,8,12-13H,6-7H2,1-2H3/t12-,13+/m0/s1. The smallest absolute Gasteiger partial charge is 0.250 e. The third kappa shape index (κ3) is 3.52. The van der Waals surface area contributed by atoms with Crippen LogP contribution in [0, 0.1) is 5.92 Å². The van der Waals surface area contributed by atoms with Gasteiger partial charge in [-0.25, -0.2) is 8.42 Å². The van der Waals surface area contributed by atoms with Crippen LogP contribution in [-0.4, -0.2) is 42.3 Å². The molecule has 0 aliphatic carbocycles. The van der Waals surface area contributed by atoms with Crippen LogP contribution in [0.15, 0.2) is 27.7 Å². The maximum absolute atomic E-state index is 12.1. The first-order chi connectivity index (χ1) is 11.2. The Morgan fingerprint density at radius 2 is 2.12 bits per heavy atom. The molecule has 0 aromatic heterocycles. The van der Waals surface area contributed by atoms with Gasteiger partial charge in [-0.3, -0.25) is 4.79 Å². The van der Waals surface area contributed by atoms with E-state index in [9.17, 15) is 13.2 Å². The average Bonchev–Trinajstić information content (AvgIpc) is 2.91. The molecule has 3 rings (SSSR count). The van der Waals surface area contributed by atoms with Gasteiger partial charge in [0, 0.05) is 15.6 Å². The highest BCUT2D eigenvalue weighted by Crippen LogP contribution is 2.43. The molecule has 2 fully saturated rings. The molecule has 9 heteroatoms. The molecule has 0 saturated carbocycles. The Morgan fingerprint density at radius 1 is 1.42 bits per heavy atom. The van der Waals surface area contributed by atoms with Gasteiger partial charge < -0.3 is 4.90 Å². The highest BCUT2D eigenvalue weighted by atomic mass is 79.9. The Kier molecular flexibility index (Phi) is 5.03. The number of fused-ring (bicyclic) bond motifs is 1. The zero-order valence-corrected chi connectivity index (χ0v) is 17.0. The highest BCUT2D eigenvalue weighted by molar-refractivity contribution is 9.10. The van der Waals surface area contributed by atoms with Crippen molar-refractivity contribution in [3.63, 3.8) is 0 Å². The van der Waals surface area contributed by atoms with Crippen molar-refractivity contribution in [2.45, 2.75) is 25.1 Å². The number of amides is 1. The molecule has 0 radical (unpaired) electrons. The predicted molar refractivity (Wildman–Crippen MR) is 103 cm³/mol. The van der Waals surface area contributed by atoms with E-state index in [0.29, 0.717) is 15.9 Å². The third-order valence-electron chi connectivity index (χ3n) is 3.94. The van der Waals surface area contributed by atoms with Crippen molar-refractivity contribution in [2.24, 2.45) is 10.9 Å². The molecule has 2 heterocycles. The molecule has 130 valence electrons. The Hall–Kier alpha value is -0.570. The first kappa shape index (κ1) is 18.2. The first-order valence-electron chi connectivity index (χ1n) is 7.42. The van der Waals surface area contributed by atoms with Gasteiger partial charge in [0.15, 0.2) is 15.0 Å². The van der Waals surface area contributed by atoms with E-state index >= 15 is 0 Å². The Bertz CT molecular complexity index is 826. The molecule has 0 spiro atoms. The lowest BCUT2D eigenvalue weighted by atomic mass is 10.2. The quantitative estimate of drug-likeness (QED) is 0.690. The zero-order valence-electron chi connectivity index (χ0n) is 13.1. The number of halogens is 2. The van der Waals surface area contributed by atoms with E-state index in [1.807, 2.05) is 17.0 Å². The summed E-state index contributed by atoms with van der Waals surface area (Å²) in [6, 6.07) is 5.15. The minimum Gasteiger partial charge on any atom is -0.314 e. The number of rotatable bonds is 2. The summed E-state index contributed by atoms with van der Waals surface area (Å²) in [4.78, 5) is 18.1. The average molecular weight is 452 g/mol. The topological polar surface area (TPSA) is 66.8 Å². The molecule has 2 aliphatic rings. The summed E-state index contributed by atoms with van der Waals surface area (Å²) < 4.78 is 24.8. The van der Waals surface area contributed by atoms with E-state index in [1.54, 1.807) is 19.9 Å². The molecule has 0 bridgehead atoms. The summed E-state index contributed by atoms with van der Waals surface area (Å²) in [5.74, 6) is -0.295. The van der Waals surface area contributed by atoms with Crippen LogP contribution in [0.2, 0.25) is 5.02 Å². The molecule has 1 aromatic carbocycles. The van der Waals surface area contributed by atoms with E-state index in [2.05, 4.69) is 20.9 Å². The van der Waals surface area contributed by atoms with Crippen LogP contribution in [0.4, 0.5) is 5.69 Å². The fourth-order valence-corrected chi connectivity index (χ4v) is 7.42. The number of benzene rings is 1. The van der Waals surface area contributed by atoms with Crippen LogP contribution < -0.4 is 4.90 Å². The number of carbonyl (C=O) groups excluding carboxylic acids is 1. The van der Waals surface area contributed by atoms with Crippen molar-refractivity contribution in [3.05, 3.63) is 27.7 Å². The lowest BCUT2D eigenvalue weighted by Crippen LogP contribution is -2.38. The van der Waals surface area contributed by atoms with Gasteiger partial charge in [0.05, 0.1) is 28.3 Å². The Morgan fingerprint density at radius 3 is 2.75 bits per heavy atom. The number of thioether (sulfide) groups is 1. The zero-order chi connectivity index (χ0) is 17.6. The molecule has 1 aromatic rings. The molecular weight excluding hydrogens is 436 g/mol. The Balaban J connectivity index is 2.06. The van der Waals surface area contributed by atoms with Gasteiger partial charge in [-0.1, -0.05) is 53.1 Å². The van der Waals surface area contributed by atoms with Crippen LogP contribution in [0.1, 0.15) is 13.8 Å². The molecular formula is C15H16BrClN2O3S2. The maximum atomic E-state index is 12.1. The number of aliphatic imine (C=N–C) groups is 1. The van der Waals surface area contributed by atoms with Crippen molar-refractivity contribution in [2.75, 3.05) is 16.4 Å². The second-order valence-electron chi connectivity index (χ2n) is 6.15. The van der Waals surface area contributed by atoms with E-state index in [-0.39, 0.29) is 34.6 Å². The number of nitrogens with zero attached hydrogens (tertiary/aromatic N) is 2. The minimum absolute atomic E-state index is 0.0476. The second kappa shape index (κ2) is 6.63. The summed E-state index contributed by atoms with van der Waals surface area (Å²) in [5, 5.41) is 0.885. The largest absolute Gasteiger partial charge is 0.314 e. The molecule has 5 nitrogen and oxygen atoms in total. The lowest BCUT2D eigenvalue weighted by Gasteiger charge is -2.25. The number of hydrogen-bond donors (Lipinski definition) is 0. The van der Waals surface area contributed by atoms with E-state index < -0.39 is 9.84 Å². The molecule has 24 heavy (non-hydrogen) atoms. The molecule has 1 amide bonds. The maximum Gasteiger partial charge on any atom is 0.250 e. The van der Waals surface area contributed by atoms with Crippen molar-refractivity contribution in [1.82, 2.24) is 0 Å². The van der Waals surface area contributed by atoms with Gasteiger partial charge >= 0.3 is 0 Å². The summed E-state index contributed by atoms with van der Waals surface area (Å²) >= 11 is 11.1. The van der Waals surface area contributed by atoms with Gasteiger partial charge in [-0.2, -0.15) is 4.99 Å². The molecule has 0 N–H and O–H groups in total. The number of amidine groups is 1. The summed E-state index contributed by atoms with van der Waals surface area (Å²) in [6.07, 6.45) is 0. The third-order valence-corrected chi connectivity index (χ3v) is 7.94. The summed E-state index contributed by atoms with van der Waals surface area (Å²) in [6.45, 7) is 3.57. The fourth-order valence-electron chi connectivity index (χ4n) is 2.75. The first-order valence-corrected chi connectivity index (χ1v) is 11.3. The van der Waals surface area contributed by atoms with Crippen LogP contribution in [0.25, 0.3) is 0 Å². The van der Waals surface area contributed by atoms with Crippen molar-refractivity contribution in [3.8, 4) is 0 Å². The molecule has 2 saturated heterocycles. The predicted octanol–water partition coefficient (Wildman–Crippen LogP) is 3.36. The van der Waals surface area contributed by atoms with E-state index in [0.717, 1.165) is 4.47 Å². The number of hydrogen-bond acceptors (Lipinski definition) is 4. The number of carbonyl (C=O) groups is 1.